The largest absolute Gasteiger partial charge is 0.391 e. The topological polar surface area (TPSA) is 215 Å². The van der Waals surface area contributed by atoms with E-state index < -0.39 is 41.6 Å². The third-order valence-corrected chi connectivity index (χ3v) is 15.3. The minimum absolute atomic E-state index is 0.0409. The molecule has 0 saturated carbocycles. The fraction of sp³-hybridized carbons (Fsp3) is 0.509. The zero-order valence-electron chi connectivity index (χ0n) is 41.3. The van der Waals surface area contributed by atoms with E-state index in [2.05, 4.69) is 10.3 Å². The van der Waals surface area contributed by atoms with Crippen molar-refractivity contribution in [3.63, 3.8) is 0 Å². The van der Waals surface area contributed by atoms with Gasteiger partial charge in [0.15, 0.2) is 11.6 Å². The molecule has 4 aromatic rings. The third-order valence-electron chi connectivity index (χ3n) is 14.3. The summed E-state index contributed by atoms with van der Waals surface area (Å²) in [7, 11) is 0. The molecular weight excluding hydrogens is 905 g/mol. The van der Waals surface area contributed by atoms with Crippen molar-refractivity contribution in [2.24, 2.45) is 22.8 Å². The number of aryl methyl sites for hydroxylation is 4. The minimum Gasteiger partial charge on any atom is -0.391 e. The van der Waals surface area contributed by atoms with E-state index in [1.54, 1.807) is 16.2 Å². The maximum Gasteiger partial charge on any atom is 0.246 e. The van der Waals surface area contributed by atoms with Crippen LogP contribution in [-0.4, -0.2) is 93.1 Å². The van der Waals surface area contributed by atoms with Gasteiger partial charge in [-0.3, -0.25) is 33.7 Å². The van der Waals surface area contributed by atoms with Crippen molar-refractivity contribution in [1.82, 2.24) is 15.2 Å². The van der Waals surface area contributed by atoms with Crippen molar-refractivity contribution < 1.29 is 38.6 Å². The van der Waals surface area contributed by atoms with Crippen LogP contribution in [0.3, 0.4) is 0 Å². The Morgan fingerprint density at radius 3 is 2.27 bits per heavy atom. The van der Waals surface area contributed by atoms with Gasteiger partial charge >= 0.3 is 0 Å². The third kappa shape index (κ3) is 12.8. The van der Waals surface area contributed by atoms with E-state index in [4.69, 9.17) is 16.2 Å². The molecule has 7 atom stereocenters. The highest BCUT2D eigenvalue weighted by Gasteiger charge is 2.45. The van der Waals surface area contributed by atoms with E-state index in [1.165, 1.54) is 4.90 Å². The van der Waals surface area contributed by atoms with Gasteiger partial charge in [-0.25, -0.2) is 4.98 Å². The summed E-state index contributed by atoms with van der Waals surface area (Å²) in [6.45, 7) is 9.87. The number of thiazole rings is 1. The Morgan fingerprint density at radius 2 is 1.59 bits per heavy atom. The number of hydrogen-bond acceptors (Lipinski definition) is 11. The number of anilines is 1. The number of para-hydroxylation sites is 1. The highest BCUT2D eigenvalue weighted by atomic mass is 32.1. The molecule has 4 heterocycles. The molecule has 0 aliphatic carbocycles. The summed E-state index contributed by atoms with van der Waals surface area (Å²) in [5.74, 6) is -1.78. The minimum atomic E-state index is -0.877. The highest BCUT2D eigenvalue weighted by Crippen LogP contribution is 2.40. The van der Waals surface area contributed by atoms with Gasteiger partial charge in [-0.05, 0) is 104 Å². The fourth-order valence-corrected chi connectivity index (χ4v) is 11.0. The Hall–Kier alpha value is -5.61. The Labute approximate surface area is 415 Å². The van der Waals surface area contributed by atoms with Gasteiger partial charge in [-0.15, -0.1) is 11.3 Å². The van der Waals surface area contributed by atoms with Crippen molar-refractivity contribution >= 4 is 52.2 Å². The average Bonchev–Trinajstić information content (AvgIpc) is 4.05. The van der Waals surface area contributed by atoms with Gasteiger partial charge in [0.05, 0.1) is 58.7 Å². The van der Waals surface area contributed by atoms with Crippen LogP contribution in [0.2, 0.25) is 0 Å². The number of aliphatic hydroxyl groups excluding tert-OH is 1. The molecule has 6 N–H and O–H groups in total. The van der Waals surface area contributed by atoms with Crippen molar-refractivity contribution in [2.45, 2.75) is 161 Å². The monoisotopic (exact) mass is 974 g/mol. The molecule has 7 rings (SSSR count). The van der Waals surface area contributed by atoms with Gasteiger partial charge in [0, 0.05) is 45.1 Å². The summed E-state index contributed by atoms with van der Waals surface area (Å²) >= 11 is 1.59. The molecular formula is C55H70N6O8S. The number of primary amides is 1. The molecule has 0 spiro atoms. The normalized spacial score (nSPS) is 20.1. The Morgan fingerprint density at radius 1 is 0.900 bits per heavy atom. The number of nitrogens with two attached hydrogens (primary N) is 2. The molecule has 1 fully saturated rings. The second-order valence-corrected chi connectivity index (χ2v) is 21.5. The van der Waals surface area contributed by atoms with Crippen LogP contribution < -0.4 is 21.7 Å². The lowest BCUT2D eigenvalue weighted by Crippen LogP contribution is -2.56. The molecule has 70 heavy (non-hydrogen) atoms. The van der Waals surface area contributed by atoms with E-state index >= 15 is 0 Å². The van der Waals surface area contributed by atoms with Gasteiger partial charge in [-0.2, -0.15) is 0 Å². The Bertz CT molecular complexity index is 2520. The predicted octanol–water partition coefficient (Wildman–Crippen LogP) is 6.50. The number of hydrogen-bond donors (Lipinski definition) is 4. The van der Waals surface area contributed by atoms with Gasteiger partial charge in [0.1, 0.15) is 6.04 Å². The Kier molecular flexibility index (Phi) is 17.2. The molecule has 374 valence electrons. The number of ether oxygens (including phenoxy) is 1. The van der Waals surface area contributed by atoms with Crippen LogP contribution in [0.4, 0.5) is 5.69 Å². The van der Waals surface area contributed by atoms with Crippen LogP contribution in [0.25, 0.3) is 10.4 Å². The number of benzene rings is 3. The summed E-state index contributed by atoms with van der Waals surface area (Å²) in [6.07, 6.45) is 4.27. The number of β-amino-alcohol motifs (C(OH)–C–C–N with tert-alkyl or cyclic N) is 1. The van der Waals surface area contributed by atoms with Gasteiger partial charge in [-0.1, -0.05) is 87.5 Å². The SMILES string of the molecule is Cc1ncsc1-c1ccc(CCC(=O)[C@@H]2C[C@@H](O)CN2C(=O)[C@@H](NC(=O)CCCCc2ccc(CO[C@H](C)[C@H](CCC(N)=O)CC(=O)[C@@H]3Cc4cccc5c4N3C(=O)[C@@H](N)CC5)cc2)C(C)(C)C)cc1. The van der Waals surface area contributed by atoms with E-state index in [9.17, 15) is 33.9 Å². The molecule has 3 aliphatic heterocycles. The number of carbonyl (C=O) groups is 6. The first-order valence-corrected chi connectivity index (χ1v) is 25.8. The molecule has 1 aromatic heterocycles. The van der Waals surface area contributed by atoms with Gasteiger partial charge in [0.25, 0.3) is 0 Å². The van der Waals surface area contributed by atoms with Crippen LogP contribution >= 0.6 is 11.3 Å². The maximum atomic E-state index is 14.1. The number of aromatic nitrogens is 1. The number of rotatable bonds is 22. The van der Waals surface area contributed by atoms with Crippen molar-refractivity contribution in [2.75, 3.05) is 11.4 Å². The summed E-state index contributed by atoms with van der Waals surface area (Å²) in [6, 6.07) is 19.1. The number of likely N-dealkylation sites (tertiary alicyclic amines) is 1. The van der Waals surface area contributed by atoms with Crippen LogP contribution in [0.1, 0.15) is 119 Å². The zero-order chi connectivity index (χ0) is 50.3. The summed E-state index contributed by atoms with van der Waals surface area (Å²) in [5.41, 5.74) is 20.9. The second kappa shape index (κ2) is 23.1. The predicted molar refractivity (Wildman–Crippen MR) is 271 cm³/mol. The van der Waals surface area contributed by atoms with Crippen LogP contribution in [-0.2, 0) is 65.8 Å². The van der Waals surface area contributed by atoms with E-state index in [0.717, 1.165) is 62.5 Å². The van der Waals surface area contributed by atoms with Crippen molar-refractivity contribution in [3.8, 4) is 10.4 Å². The van der Waals surface area contributed by atoms with E-state index in [0.29, 0.717) is 45.1 Å². The zero-order valence-corrected chi connectivity index (χ0v) is 42.1. The number of carbonyl (C=O) groups excluding carboxylic acids is 6. The van der Waals surface area contributed by atoms with Crippen LogP contribution in [0.5, 0.6) is 0 Å². The lowest BCUT2D eigenvalue weighted by atomic mass is 9.85. The summed E-state index contributed by atoms with van der Waals surface area (Å²) in [5, 5.41) is 13.6. The van der Waals surface area contributed by atoms with Crippen LogP contribution in [0, 0.1) is 18.3 Å². The quantitative estimate of drug-likeness (QED) is 0.0627. The van der Waals surface area contributed by atoms with Crippen molar-refractivity contribution in [1.29, 1.82) is 0 Å². The lowest BCUT2D eigenvalue weighted by molar-refractivity contribution is -0.143. The molecule has 1 saturated heterocycles. The number of aliphatic hydroxyl groups is 1. The number of Topliss-reactive ketones (excluding diaryl/α,β-unsaturated/α-hetero) is 2. The fourth-order valence-electron chi connectivity index (χ4n) is 10.2. The molecule has 0 bridgehead atoms. The summed E-state index contributed by atoms with van der Waals surface area (Å²) in [4.78, 5) is 89.0. The van der Waals surface area contributed by atoms with Crippen molar-refractivity contribution in [3.05, 3.63) is 106 Å². The molecule has 4 amide bonds. The van der Waals surface area contributed by atoms with Crippen LogP contribution in [0.15, 0.2) is 72.2 Å². The molecule has 14 nitrogen and oxygen atoms in total. The first-order valence-electron chi connectivity index (χ1n) is 24.9. The standard InChI is InChI=1S/C55H70N6O8S/c1-33-51(70-32-58-33)39-20-17-36(18-21-39)19-25-46(63)44-29-42(62)30-60(44)54(68)52(55(3,4)5)59-49(66)12-7-6-9-35-13-15-37(16-14-35)31-69-34(2)40(23-26-48(57)65)28-47(64)45-27-41-11-8-10-38-22-24-43(56)53(67)61(45)50(38)41/h8,10-11,13-18,20-21,32,34,40,42-45,52,62H,6-7,9,12,19,22-31,56H2,1-5H3,(H2,57,65)(H,59,66)/t34-,40-,42-,43+,44+,45+,52-/m1/s1. The van der Waals surface area contributed by atoms with E-state index in [1.807, 2.05) is 107 Å². The lowest BCUT2D eigenvalue weighted by Gasteiger charge is -2.35. The highest BCUT2D eigenvalue weighted by molar-refractivity contribution is 7.13. The molecule has 0 radical (unpaired) electrons. The van der Waals surface area contributed by atoms with Gasteiger partial charge < -0.3 is 31.5 Å². The van der Waals surface area contributed by atoms with E-state index in [-0.39, 0.29) is 80.0 Å². The second-order valence-electron chi connectivity index (χ2n) is 20.7. The molecule has 15 heteroatoms. The number of nitrogens with one attached hydrogen (secondary N) is 1. The molecule has 3 aliphatic rings. The number of unbranched alkanes of at least 4 members (excludes halogenated alkanes) is 1. The maximum absolute atomic E-state index is 14.1. The first kappa shape index (κ1) is 52.2. The average molecular weight is 975 g/mol. The number of ketones is 2. The first-order chi connectivity index (χ1) is 33.4. The smallest absolute Gasteiger partial charge is 0.246 e. The molecule has 3 aromatic carbocycles. The summed E-state index contributed by atoms with van der Waals surface area (Å²) < 4.78 is 6.32. The van der Waals surface area contributed by atoms with Gasteiger partial charge in [0.2, 0.25) is 23.6 Å². The number of nitrogens with zero attached hydrogens (tertiary/aromatic N) is 3. The Balaban J connectivity index is 0.860. The molecule has 0 unspecified atom stereocenters. The number of amides is 4.